The first kappa shape index (κ1) is 13.5. The van der Waals surface area contributed by atoms with Gasteiger partial charge in [-0.3, -0.25) is 0 Å². The zero-order chi connectivity index (χ0) is 10.8. The minimum Gasteiger partial charge on any atom is -0.320 e. The van der Waals surface area contributed by atoms with E-state index >= 15 is 0 Å². The first-order valence-corrected chi connectivity index (χ1v) is 6.04. The molecule has 0 saturated heterocycles. The van der Waals surface area contributed by atoms with Crippen molar-refractivity contribution in [3.8, 4) is 0 Å². The average Bonchev–Trinajstić information content (AvgIpc) is 2.74. The highest BCUT2D eigenvalue weighted by Gasteiger charge is 2.09. The zero-order valence-corrected chi connectivity index (χ0v) is 11.2. The maximum Gasteiger partial charge on any atom is 0.0559 e. The van der Waals surface area contributed by atoms with Gasteiger partial charge >= 0.3 is 0 Å². The van der Waals surface area contributed by atoms with E-state index in [1.807, 2.05) is 30.5 Å². The van der Waals surface area contributed by atoms with Crippen molar-refractivity contribution in [2.45, 2.75) is 13.0 Å². The van der Waals surface area contributed by atoms with Crippen LogP contribution >= 0.6 is 35.3 Å². The summed E-state index contributed by atoms with van der Waals surface area (Å²) < 4.78 is 0. The van der Waals surface area contributed by atoms with E-state index in [2.05, 4.69) is 11.4 Å². The Morgan fingerprint density at radius 1 is 1.25 bits per heavy atom. The third kappa shape index (κ3) is 2.77. The van der Waals surface area contributed by atoms with Crippen molar-refractivity contribution in [2.75, 3.05) is 0 Å². The molecule has 0 bridgehead atoms. The van der Waals surface area contributed by atoms with Gasteiger partial charge in [-0.2, -0.15) is 11.3 Å². The third-order valence-corrected chi connectivity index (χ3v) is 3.57. The van der Waals surface area contributed by atoms with Crippen LogP contribution in [0, 0.1) is 6.92 Å². The van der Waals surface area contributed by atoms with Gasteiger partial charge in [0.1, 0.15) is 0 Å². The Morgan fingerprint density at radius 3 is 2.56 bits per heavy atom. The van der Waals surface area contributed by atoms with Crippen molar-refractivity contribution in [2.24, 2.45) is 5.73 Å². The van der Waals surface area contributed by atoms with E-state index in [0.29, 0.717) is 0 Å². The average molecular weight is 274 g/mol. The quantitative estimate of drug-likeness (QED) is 0.873. The number of benzene rings is 1. The van der Waals surface area contributed by atoms with E-state index in [1.54, 1.807) is 11.3 Å². The zero-order valence-electron chi connectivity index (χ0n) is 8.81. The lowest BCUT2D eigenvalue weighted by Crippen LogP contribution is -2.10. The summed E-state index contributed by atoms with van der Waals surface area (Å²) in [5.74, 6) is 0. The van der Waals surface area contributed by atoms with Gasteiger partial charge in [0.05, 0.1) is 6.04 Å². The van der Waals surface area contributed by atoms with Crippen LogP contribution in [0.2, 0.25) is 5.02 Å². The normalized spacial score (nSPS) is 11.9. The van der Waals surface area contributed by atoms with Crippen molar-refractivity contribution in [3.63, 3.8) is 0 Å². The maximum absolute atomic E-state index is 6.14. The Hall–Kier alpha value is -0.540. The van der Waals surface area contributed by atoms with E-state index < -0.39 is 0 Å². The fourth-order valence-electron chi connectivity index (χ4n) is 1.51. The summed E-state index contributed by atoms with van der Waals surface area (Å²) in [7, 11) is 0. The molecule has 0 fully saturated rings. The fourth-order valence-corrected chi connectivity index (χ4v) is 2.32. The summed E-state index contributed by atoms with van der Waals surface area (Å²) in [6.07, 6.45) is 0. The van der Waals surface area contributed by atoms with Gasteiger partial charge in [-0.25, -0.2) is 0 Å². The second-order valence-electron chi connectivity index (χ2n) is 3.54. The molecule has 1 aromatic carbocycles. The molecule has 1 nitrogen and oxygen atoms in total. The van der Waals surface area contributed by atoms with E-state index in [9.17, 15) is 0 Å². The van der Waals surface area contributed by atoms with Gasteiger partial charge < -0.3 is 5.73 Å². The lowest BCUT2D eigenvalue weighted by atomic mass is 10.0. The van der Waals surface area contributed by atoms with E-state index in [0.717, 1.165) is 21.7 Å². The number of hydrogen-bond donors (Lipinski definition) is 1. The summed E-state index contributed by atoms with van der Waals surface area (Å²) in [5, 5.41) is 4.91. The fraction of sp³-hybridized carbons (Fsp3) is 0.167. The number of halogens is 2. The van der Waals surface area contributed by atoms with E-state index in [1.165, 1.54) is 0 Å². The lowest BCUT2D eigenvalue weighted by Gasteiger charge is -2.11. The second-order valence-corrected chi connectivity index (χ2v) is 4.73. The Morgan fingerprint density at radius 2 is 2.00 bits per heavy atom. The molecular formula is C12H13Cl2NS. The van der Waals surface area contributed by atoms with Crippen LogP contribution in [0.5, 0.6) is 0 Å². The molecule has 0 amide bonds. The maximum atomic E-state index is 6.14. The van der Waals surface area contributed by atoms with Crippen molar-refractivity contribution in [3.05, 3.63) is 56.7 Å². The largest absolute Gasteiger partial charge is 0.320 e. The molecule has 0 saturated carbocycles. The second kappa shape index (κ2) is 5.69. The van der Waals surface area contributed by atoms with Crippen molar-refractivity contribution in [1.82, 2.24) is 0 Å². The van der Waals surface area contributed by atoms with Crippen LogP contribution in [-0.4, -0.2) is 0 Å². The smallest absolute Gasteiger partial charge is 0.0559 e. The molecule has 1 aromatic heterocycles. The van der Waals surface area contributed by atoms with Crippen LogP contribution in [0.4, 0.5) is 0 Å². The number of rotatable bonds is 2. The molecule has 1 heterocycles. The van der Waals surface area contributed by atoms with Gasteiger partial charge in [0.2, 0.25) is 0 Å². The highest BCUT2D eigenvalue weighted by Crippen LogP contribution is 2.25. The molecule has 0 aliphatic rings. The molecule has 16 heavy (non-hydrogen) atoms. The van der Waals surface area contributed by atoms with E-state index in [-0.39, 0.29) is 18.4 Å². The first-order chi connectivity index (χ1) is 7.18. The molecule has 4 heteroatoms. The van der Waals surface area contributed by atoms with Crippen LogP contribution in [0.3, 0.4) is 0 Å². The molecule has 86 valence electrons. The lowest BCUT2D eigenvalue weighted by molar-refractivity contribution is 0.875. The van der Waals surface area contributed by atoms with Crippen LogP contribution in [0.1, 0.15) is 22.7 Å². The predicted molar refractivity (Wildman–Crippen MR) is 73.8 cm³/mol. The first-order valence-electron chi connectivity index (χ1n) is 4.72. The molecule has 0 spiro atoms. The van der Waals surface area contributed by atoms with Gasteiger partial charge in [-0.15, -0.1) is 12.4 Å². The molecule has 0 aliphatic carbocycles. The Kier molecular flexibility index (Phi) is 4.81. The molecule has 1 atom stereocenters. The Balaban J connectivity index is 0.00000128. The van der Waals surface area contributed by atoms with Gasteiger partial charge in [-0.05, 0) is 46.5 Å². The number of thiophene rings is 1. The highest BCUT2D eigenvalue weighted by molar-refractivity contribution is 7.08. The van der Waals surface area contributed by atoms with Crippen LogP contribution in [0.15, 0.2) is 35.0 Å². The predicted octanol–water partition coefficient (Wildman–Crippen LogP) is 4.18. The summed E-state index contributed by atoms with van der Waals surface area (Å²) in [6.45, 7) is 1.99. The van der Waals surface area contributed by atoms with Crippen LogP contribution in [-0.2, 0) is 0 Å². The highest BCUT2D eigenvalue weighted by atomic mass is 35.5. The Bertz CT molecular complexity index is 454. The minimum absolute atomic E-state index is 0. The monoisotopic (exact) mass is 273 g/mol. The van der Waals surface area contributed by atoms with Gasteiger partial charge in [-0.1, -0.05) is 23.7 Å². The topological polar surface area (TPSA) is 26.0 Å². The van der Waals surface area contributed by atoms with Crippen LogP contribution < -0.4 is 5.73 Å². The molecule has 2 aromatic rings. The molecule has 2 N–H and O–H groups in total. The van der Waals surface area contributed by atoms with Crippen LogP contribution in [0.25, 0.3) is 0 Å². The summed E-state index contributed by atoms with van der Waals surface area (Å²) in [6, 6.07) is 7.94. The number of hydrogen-bond acceptors (Lipinski definition) is 2. The minimum atomic E-state index is -0.0489. The summed E-state index contributed by atoms with van der Waals surface area (Å²) in [4.78, 5) is 0. The molecular weight excluding hydrogens is 261 g/mol. The van der Waals surface area contributed by atoms with Gasteiger partial charge in [0.15, 0.2) is 0 Å². The standard InChI is InChI=1S/C12H12ClNS.ClH/c1-8-6-9(2-3-11(8)13)12(14)10-4-5-15-7-10;/h2-7,12H,14H2,1H3;1H/t12-;/m1./s1. The van der Waals surface area contributed by atoms with Crippen molar-refractivity contribution in [1.29, 1.82) is 0 Å². The summed E-state index contributed by atoms with van der Waals surface area (Å²) >= 11 is 7.64. The van der Waals surface area contributed by atoms with E-state index in [4.69, 9.17) is 17.3 Å². The van der Waals surface area contributed by atoms with Gasteiger partial charge in [0.25, 0.3) is 0 Å². The number of nitrogens with two attached hydrogens (primary N) is 1. The SMILES string of the molecule is Cc1cc([C@@H](N)c2ccsc2)ccc1Cl.Cl. The summed E-state index contributed by atoms with van der Waals surface area (Å²) in [5.41, 5.74) is 9.47. The third-order valence-electron chi connectivity index (χ3n) is 2.44. The van der Waals surface area contributed by atoms with Crippen molar-refractivity contribution < 1.29 is 0 Å². The molecule has 0 aliphatic heterocycles. The Labute approximate surface area is 111 Å². The molecule has 0 radical (unpaired) electrons. The number of aryl methyl sites for hydroxylation is 1. The molecule has 2 rings (SSSR count). The molecule has 0 unspecified atom stereocenters. The van der Waals surface area contributed by atoms with Gasteiger partial charge in [0, 0.05) is 5.02 Å². The van der Waals surface area contributed by atoms with Crippen molar-refractivity contribution >= 4 is 35.3 Å².